The Hall–Kier alpha value is -1.24. The average molecular weight is 283 g/mol. The van der Waals surface area contributed by atoms with E-state index >= 15 is 0 Å². The van der Waals surface area contributed by atoms with E-state index in [9.17, 15) is 0 Å². The highest BCUT2D eigenvalue weighted by molar-refractivity contribution is 7.99. The van der Waals surface area contributed by atoms with Crippen LogP contribution in [-0.4, -0.2) is 40.8 Å². The Bertz CT molecular complexity index is 399. The van der Waals surface area contributed by atoms with Crippen molar-refractivity contribution < 1.29 is 10.3 Å². The van der Waals surface area contributed by atoms with Crippen LogP contribution in [0.2, 0.25) is 0 Å². The van der Waals surface area contributed by atoms with Crippen LogP contribution in [-0.2, 0) is 6.54 Å². The number of aliphatic hydroxyl groups is 1. The van der Waals surface area contributed by atoms with Gasteiger partial charge in [-0.25, -0.2) is 0 Å². The third kappa shape index (κ3) is 6.47. The Balaban J connectivity index is 2.26. The Morgan fingerprint density at radius 2 is 2.21 bits per heavy atom. The molecule has 0 spiro atoms. The van der Waals surface area contributed by atoms with Crippen molar-refractivity contribution in [1.82, 2.24) is 5.32 Å². The summed E-state index contributed by atoms with van der Waals surface area (Å²) in [4.78, 5) is 0. The van der Waals surface area contributed by atoms with Gasteiger partial charge in [-0.1, -0.05) is 23.4 Å². The minimum Gasteiger partial charge on any atom is -0.409 e. The largest absolute Gasteiger partial charge is 0.409 e. The SMILES string of the molecule is N/C(=N/O)c1cccc(CNCCSCCCO)c1. The van der Waals surface area contributed by atoms with Crippen molar-refractivity contribution in [2.75, 3.05) is 24.7 Å². The molecule has 0 aliphatic carbocycles. The molecular formula is C13H21N3O2S. The smallest absolute Gasteiger partial charge is 0.170 e. The van der Waals surface area contributed by atoms with Gasteiger partial charge in [-0.05, 0) is 23.8 Å². The van der Waals surface area contributed by atoms with Gasteiger partial charge in [0.15, 0.2) is 5.84 Å². The van der Waals surface area contributed by atoms with Crippen molar-refractivity contribution in [3.8, 4) is 0 Å². The highest BCUT2D eigenvalue weighted by Gasteiger charge is 2.00. The number of nitrogens with two attached hydrogens (primary N) is 1. The number of nitrogens with one attached hydrogen (secondary N) is 1. The predicted octanol–water partition coefficient (Wildman–Crippen LogP) is 0.986. The summed E-state index contributed by atoms with van der Waals surface area (Å²) in [6.07, 6.45) is 0.854. The van der Waals surface area contributed by atoms with Crippen LogP contribution in [0.4, 0.5) is 0 Å². The fourth-order valence-corrected chi connectivity index (χ4v) is 2.37. The quantitative estimate of drug-likeness (QED) is 0.178. The summed E-state index contributed by atoms with van der Waals surface area (Å²) < 4.78 is 0. The molecule has 106 valence electrons. The van der Waals surface area contributed by atoms with Crippen LogP contribution in [0.15, 0.2) is 29.4 Å². The summed E-state index contributed by atoms with van der Waals surface area (Å²) in [6, 6.07) is 7.60. The molecule has 19 heavy (non-hydrogen) atoms. The van der Waals surface area contributed by atoms with Gasteiger partial charge >= 0.3 is 0 Å². The van der Waals surface area contributed by atoms with Gasteiger partial charge in [0.05, 0.1) is 0 Å². The maximum atomic E-state index is 8.64. The van der Waals surface area contributed by atoms with Crippen LogP contribution in [0.5, 0.6) is 0 Å². The first-order chi connectivity index (χ1) is 9.27. The number of hydrogen-bond donors (Lipinski definition) is 4. The normalized spacial score (nSPS) is 11.7. The Morgan fingerprint density at radius 1 is 1.37 bits per heavy atom. The lowest BCUT2D eigenvalue weighted by Gasteiger charge is -2.06. The van der Waals surface area contributed by atoms with Gasteiger partial charge in [0.25, 0.3) is 0 Å². The average Bonchev–Trinajstić information content (AvgIpc) is 2.46. The molecule has 0 fully saturated rings. The molecule has 0 unspecified atom stereocenters. The fraction of sp³-hybridized carbons (Fsp3) is 0.462. The Morgan fingerprint density at radius 3 is 2.95 bits per heavy atom. The fourth-order valence-electron chi connectivity index (χ4n) is 1.54. The van der Waals surface area contributed by atoms with Crippen molar-refractivity contribution >= 4 is 17.6 Å². The summed E-state index contributed by atoms with van der Waals surface area (Å²) in [5, 5.41) is 23.6. The van der Waals surface area contributed by atoms with Crippen LogP contribution >= 0.6 is 11.8 Å². The van der Waals surface area contributed by atoms with E-state index in [2.05, 4.69) is 10.5 Å². The predicted molar refractivity (Wildman–Crippen MR) is 79.7 cm³/mol. The Labute approximate surface area is 117 Å². The molecule has 0 amide bonds. The first kappa shape index (κ1) is 15.8. The minimum atomic E-state index is 0.126. The van der Waals surface area contributed by atoms with Gasteiger partial charge in [0.1, 0.15) is 0 Å². The van der Waals surface area contributed by atoms with Crippen LogP contribution in [0.1, 0.15) is 17.5 Å². The van der Waals surface area contributed by atoms with Gasteiger partial charge in [-0.3, -0.25) is 0 Å². The van der Waals surface area contributed by atoms with Crippen LogP contribution in [0.25, 0.3) is 0 Å². The molecule has 1 aromatic rings. The first-order valence-electron chi connectivity index (χ1n) is 6.24. The topological polar surface area (TPSA) is 90.9 Å². The molecule has 0 saturated carbocycles. The number of nitrogens with zero attached hydrogens (tertiary/aromatic N) is 1. The van der Waals surface area contributed by atoms with Crippen LogP contribution in [0, 0.1) is 0 Å². The summed E-state index contributed by atoms with van der Waals surface area (Å²) >= 11 is 1.83. The molecule has 1 aromatic carbocycles. The molecule has 0 bridgehead atoms. The lowest BCUT2D eigenvalue weighted by atomic mass is 10.1. The second kappa shape index (κ2) is 9.66. The van der Waals surface area contributed by atoms with Gasteiger partial charge in [-0.15, -0.1) is 0 Å². The monoisotopic (exact) mass is 283 g/mol. The number of benzene rings is 1. The van der Waals surface area contributed by atoms with Crippen LogP contribution < -0.4 is 11.1 Å². The van der Waals surface area contributed by atoms with E-state index in [0.717, 1.165) is 42.1 Å². The highest BCUT2D eigenvalue weighted by atomic mass is 32.2. The number of amidine groups is 1. The zero-order valence-corrected chi connectivity index (χ0v) is 11.7. The summed E-state index contributed by atoms with van der Waals surface area (Å²) in [7, 11) is 0. The summed E-state index contributed by atoms with van der Waals surface area (Å²) in [5.74, 6) is 2.15. The molecule has 0 heterocycles. The zero-order chi connectivity index (χ0) is 13.9. The molecule has 0 aliphatic rings. The van der Waals surface area contributed by atoms with Crippen molar-refractivity contribution in [2.24, 2.45) is 10.9 Å². The Kier molecular flexibility index (Phi) is 8.04. The molecule has 5 nitrogen and oxygen atoms in total. The lowest BCUT2D eigenvalue weighted by molar-refractivity contribution is 0.296. The highest BCUT2D eigenvalue weighted by Crippen LogP contribution is 2.05. The van der Waals surface area contributed by atoms with Crippen molar-refractivity contribution in [1.29, 1.82) is 0 Å². The second-order valence-electron chi connectivity index (χ2n) is 4.05. The minimum absolute atomic E-state index is 0.126. The van der Waals surface area contributed by atoms with Gasteiger partial charge in [0, 0.05) is 31.0 Å². The number of oxime groups is 1. The molecule has 5 N–H and O–H groups in total. The van der Waals surface area contributed by atoms with E-state index in [1.165, 1.54) is 0 Å². The van der Waals surface area contributed by atoms with Gasteiger partial charge < -0.3 is 21.4 Å². The van der Waals surface area contributed by atoms with Gasteiger partial charge in [0.2, 0.25) is 0 Å². The number of rotatable bonds is 9. The summed E-state index contributed by atoms with van der Waals surface area (Å²) in [6.45, 7) is 1.94. The molecule has 0 aliphatic heterocycles. The van der Waals surface area contributed by atoms with E-state index in [1.807, 2.05) is 36.0 Å². The van der Waals surface area contributed by atoms with E-state index in [0.29, 0.717) is 0 Å². The molecule has 0 saturated heterocycles. The van der Waals surface area contributed by atoms with E-state index in [1.54, 1.807) is 0 Å². The van der Waals surface area contributed by atoms with E-state index in [-0.39, 0.29) is 12.4 Å². The first-order valence-corrected chi connectivity index (χ1v) is 7.39. The number of aliphatic hydroxyl groups excluding tert-OH is 1. The summed E-state index contributed by atoms with van der Waals surface area (Å²) in [5.41, 5.74) is 7.36. The third-order valence-electron chi connectivity index (χ3n) is 2.53. The van der Waals surface area contributed by atoms with Crippen LogP contribution in [0.3, 0.4) is 0 Å². The van der Waals surface area contributed by atoms with Crippen molar-refractivity contribution in [3.63, 3.8) is 0 Å². The van der Waals surface area contributed by atoms with E-state index in [4.69, 9.17) is 16.0 Å². The van der Waals surface area contributed by atoms with Crippen molar-refractivity contribution in [3.05, 3.63) is 35.4 Å². The molecule has 0 atom stereocenters. The standard InChI is InChI=1S/C13H21N3O2S/c14-13(16-18)12-4-1-3-11(9-12)10-15-5-8-19-7-2-6-17/h1,3-4,9,15,17-18H,2,5-8,10H2,(H2,14,16). The molecular weight excluding hydrogens is 262 g/mol. The second-order valence-corrected chi connectivity index (χ2v) is 5.28. The number of hydrogen-bond acceptors (Lipinski definition) is 5. The van der Waals surface area contributed by atoms with Gasteiger partial charge in [-0.2, -0.15) is 11.8 Å². The maximum absolute atomic E-state index is 8.64. The molecule has 6 heteroatoms. The van der Waals surface area contributed by atoms with E-state index < -0.39 is 0 Å². The lowest BCUT2D eigenvalue weighted by Crippen LogP contribution is -2.18. The zero-order valence-electron chi connectivity index (χ0n) is 10.9. The molecule has 1 rings (SSSR count). The van der Waals surface area contributed by atoms with Crippen molar-refractivity contribution in [2.45, 2.75) is 13.0 Å². The third-order valence-corrected chi connectivity index (χ3v) is 3.60. The number of thioether (sulfide) groups is 1. The maximum Gasteiger partial charge on any atom is 0.170 e. The molecule has 0 radical (unpaired) electrons. The molecule has 0 aromatic heterocycles.